The summed E-state index contributed by atoms with van der Waals surface area (Å²) in [4.78, 5) is 14.0. The number of amides is 1. The quantitative estimate of drug-likeness (QED) is 0.872. The molecule has 1 fully saturated rings. The molecule has 1 aliphatic rings. The monoisotopic (exact) mass is 236 g/mol. The van der Waals surface area contributed by atoms with E-state index in [-0.39, 0.29) is 5.91 Å². The van der Waals surface area contributed by atoms with Crippen LogP contribution in [-0.4, -0.2) is 23.4 Å². The smallest absolute Gasteiger partial charge is 0.242 e. The van der Waals surface area contributed by atoms with Crippen LogP contribution in [0.25, 0.3) is 0 Å². The highest BCUT2D eigenvalue weighted by molar-refractivity contribution is 5.86. The molecule has 1 aromatic heterocycles. The third-order valence-electron chi connectivity index (χ3n) is 3.49. The fraction of sp³-hybridized carbons (Fsp3) is 0.615. The van der Waals surface area contributed by atoms with Crippen LogP contribution in [0, 0.1) is 0 Å². The van der Waals surface area contributed by atoms with Gasteiger partial charge in [0.2, 0.25) is 5.91 Å². The van der Waals surface area contributed by atoms with Crippen molar-refractivity contribution in [2.45, 2.75) is 44.2 Å². The largest absolute Gasteiger partial charge is 0.467 e. The van der Waals surface area contributed by atoms with Gasteiger partial charge in [-0.25, -0.2) is 0 Å². The molecule has 1 aromatic rings. The fourth-order valence-corrected chi connectivity index (χ4v) is 2.48. The van der Waals surface area contributed by atoms with Gasteiger partial charge in [0, 0.05) is 7.05 Å². The Morgan fingerprint density at radius 3 is 2.76 bits per heavy atom. The van der Waals surface area contributed by atoms with Crippen LogP contribution in [0.2, 0.25) is 0 Å². The molecule has 0 bridgehead atoms. The number of hydrogen-bond acceptors (Lipinski definition) is 3. The summed E-state index contributed by atoms with van der Waals surface area (Å²) in [5.41, 5.74) is 5.56. The van der Waals surface area contributed by atoms with Gasteiger partial charge in [-0.2, -0.15) is 0 Å². The second kappa shape index (κ2) is 4.92. The summed E-state index contributed by atoms with van der Waals surface area (Å²) in [6.07, 6.45) is 6.51. The molecule has 1 heterocycles. The predicted octanol–water partition coefficient (Wildman–Crippen LogP) is 1.90. The fourth-order valence-electron chi connectivity index (χ4n) is 2.48. The van der Waals surface area contributed by atoms with Crippen LogP contribution < -0.4 is 5.73 Å². The number of carbonyl (C=O) groups excluding carboxylic acids is 1. The van der Waals surface area contributed by atoms with E-state index in [4.69, 9.17) is 10.2 Å². The highest BCUT2D eigenvalue weighted by Gasteiger charge is 2.37. The first-order valence-electron chi connectivity index (χ1n) is 6.19. The summed E-state index contributed by atoms with van der Waals surface area (Å²) in [5.74, 6) is 0.828. The summed E-state index contributed by atoms with van der Waals surface area (Å²) in [6.45, 7) is 0.491. The summed E-state index contributed by atoms with van der Waals surface area (Å²) >= 11 is 0. The lowest BCUT2D eigenvalue weighted by Gasteiger charge is -2.35. The van der Waals surface area contributed by atoms with Crippen molar-refractivity contribution in [2.75, 3.05) is 7.05 Å². The zero-order chi connectivity index (χ0) is 12.3. The number of carbonyl (C=O) groups is 1. The van der Waals surface area contributed by atoms with Crippen LogP contribution in [0.15, 0.2) is 22.8 Å². The number of hydrogen-bond donors (Lipinski definition) is 1. The van der Waals surface area contributed by atoms with Crippen molar-refractivity contribution in [1.29, 1.82) is 0 Å². The van der Waals surface area contributed by atoms with Crippen molar-refractivity contribution in [3.05, 3.63) is 24.2 Å². The maximum absolute atomic E-state index is 12.3. The summed E-state index contributed by atoms with van der Waals surface area (Å²) in [6, 6.07) is 3.69. The minimum Gasteiger partial charge on any atom is -0.467 e. The molecule has 0 aliphatic heterocycles. The van der Waals surface area contributed by atoms with Gasteiger partial charge in [0.1, 0.15) is 5.76 Å². The Hall–Kier alpha value is -1.29. The maximum atomic E-state index is 12.3. The standard InChI is InChI=1S/C13H20N2O2/c1-15(10-11-6-5-9-17-11)12(16)13(14)7-3-2-4-8-13/h5-6,9H,2-4,7-8,10,14H2,1H3. The SMILES string of the molecule is CN(Cc1ccco1)C(=O)C1(N)CCCCC1. The van der Waals surface area contributed by atoms with Gasteiger partial charge in [-0.05, 0) is 25.0 Å². The average molecular weight is 236 g/mol. The van der Waals surface area contributed by atoms with Gasteiger partial charge in [-0.15, -0.1) is 0 Å². The third-order valence-corrected chi connectivity index (χ3v) is 3.49. The minimum absolute atomic E-state index is 0.0357. The lowest BCUT2D eigenvalue weighted by atomic mass is 9.81. The minimum atomic E-state index is -0.653. The van der Waals surface area contributed by atoms with Crippen molar-refractivity contribution in [3.8, 4) is 0 Å². The molecule has 2 rings (SSSR count). The molecule has 2 N–H and O–H groups in total. The van der Waals surface area contributed by atoms with E-state index in [1.807, 2.05) is 12.1 Å². The summed E-state index contributed by atoms with van der Waals surface area (Å²) in [5, 5.41) is 0. The van der Waals surface area contributed by atoms with Gasteiger partial charge in [0.15, 0.2) is 0 Å². The summed E-state index contributed by atoms with van der Waals surface area (Å²) in [7, 11) is 1.79. The molecule has 1 amide bonds. The highest BCUT2D eigenvalue weighted by atomic mass is 16.3. The van der Waals surface area contributed by atoms with E-state index in [9.17, 15) is 4.79 Å². The van der Waals surface area contributed by atoms with Crippen LogP contribution in [0.1, 0.15) is 37.9 Å². The summed E-state index contributed by atoms with van der Waals surface area (Å²) < 4.78 is 5.24. The van der Waals surface area contributed by atoms with Crippen LogP contribution in [0.5, 0.6) is 0 Å². The van der Waals surface area contributed by atoms with Gasteiger partial charge in [0.05, 0.1) is 18.3 Å². The molecule has 0 atom stereocenters. The molecule has 0 saturated heterocycles. The van der Waals surface area contributed by atoms with Crippen molar-refractivity contribution in [2.24, 2.45) is 5.73 Å². The predicted molar refractivity (Wildman–Crippen MR) is 65.2 cm³/mol. The normalized spacial score (nSPS) is 18.9. The Labute approximate surface area is 102 Å². The zero-order valence-electron chi connectivity index (χ0n) is 10.3. The molecule has 94 valence electrons. The molecule has 0 aromatic carbocycles. The maximum Gasteiger partial charge on any atom is 0.242 e. The number of nitrogens with two attached hydrogens (primary N) is 1. The van der Waals surface area contributed by atoms with Gasteiger partial charge < -0.3 is 15.1 Å². The van der Waals surface area contributed by atoms with E-state index in [0.717, 1.165) is 31.4 Å². The van der Waals surface area contributed by atoms with E-state index in [2.05, 4.69) is 0 Å². The van der Waals surface area contributed by atoms with E-state index >= 15 is 0 Å². The van der Waals surface area contributed by atoms with Crippen molar-refractivity contribution < 1.29 is 9.21 Å². The number of likely N-dealkylation sites (N-methyl/N-ethyl adjacent to an activating group) is 1. The Morgan fingerprint density at radius 2 is 2.18 bits per heavy atom. The van der Waals surface area contributed by atoms with E-state index in [0.29, 0.717) is 6.54 Å². The number of nitrogens with zero attached hydrogens (tertiary/aromatic N) is 1. The second-order valence-corrected chi connectivity index (χ2v) is 4.96. The van der Waals surface area contributed by atoms with Gasteiger partial charge in [-0.3, -0.25) is 4.79 Å². The molecular formula is C13H20N2O2. The van der Waals surface area contributed by atoms with Crippen molar-refractivity contribution in [3.63, 3.8) is 0 Å². The van der Waals surface area contributed by atoms with E-state index in [1.54, 1.807) is 18.2 Å². The number of furan rings is 1. The molecule has 4 nitrogen and oxygen atoms in total. The lowest BCUT2D eigenvalue weighted by Crippen LogP contribution is -2.55. The third kappa shape index (κ3) is 2.69. The molecule has 17 heavy (non-hydrogen) atoms. The van der Waals surface area contributed by atoms with Crippen LogP contribution in [-0.2, 0) is 11.3 Å². The van der Waals surface area contributed by atoms with Gasteiger partial charge in [-0.1, -0.05) is 19.3 Å². The average Bonchev–Trinajstić information content (AvgIpc) is 2.81. The molecule has 0 spiro atoms. The molecule has 1 aliphatic carbocycles. The molecular weight excluding hydrogens is 216 g/mol. The van der Waals surface area contributed by atoms with E-state index in [1.165, 1.54) is 6.42 Å². The van der Waals surface area contributed by atoms with E-state index < -0.39 is 5.54 Å². The van der Waals surface area contributed by atoms with Gasteiger partial charge >= 0.3 is 0 Å². The van der Waals surface area contributed by atoms with Crippen LogP contribution >= 0.6 is 0 Å². The number of rotatable bonds is 3. The first-order valence-corrected chi connectivity index (χ1v) is 6.19. The zero-order valence-corrected chi connectivity index (χ0v) is 10.3. The van der Waals surface area contributed by atoms with Crippen LogP contribution in [0.4, 0.5) is 0 Å². The topological polar surface area (TPSA) is 59.5 Å². The molecule has 1 saturated carbocycles. The Kier molecular flexibility index (Phi) is 3.52. The molecule has 0 radical (unpaired) electrons. The van der Waals surface area contributed by atoms with Crippen molar-refractivity contribution >= 4 is 5.91 Å². The Bertz CT molecular complexity index is 367. The molecule has 4 heteroatoms. The van der Waals surface area contributed by atoms with Crippen LogP contribution in [0.3, 0.4) is 0 Å². The Morgan fingerprint density at radius 1 is 1.47 bits per heavy atom. The Balaban J connectivity index is 1.98. The second-order valence-electron chi connectivity index (χ2n) is 4.96. The van der Waals surface area contributed by atoms with Gasteiger partial charge in [0.25, 0.3) is 0 Å². The first-order chi connectivity index (χ1) is 8.12. The highest BCUT2D eigenvalue weighted by Crippen LogP contribution is 2.27. The molecule has 0 unspecified atom stereocenters. The lowest BCUT2D eigenvalue weighted by molar-refractivity contribution is -0.137. The first kappa shape index (κ1) is 12.2. The van der Waals surface area contributed by atoms with Crippen molar-refractivity contribution in [1.82, 2.24) is 4.90 Å².